The van der Waals surface area contributed by atoms with Crippen LogP contribution in [0.3, 0.4) is 0 Å². The molecule has 116 valence electrons. The average molecular weight is 353 g/mol. The molecule has 4 atom stereocenters. The van der Waals surface area contributed by atoms with Gasteiger partial charge in [0.15, 0.2) is 0 Å². The molecule has 0 heterocycles. The lowest BCUT2D eigenvalue weighted by atomic mass is 9.66. The van der Waals surface area contributed by atoms with E-state index in [2.05, 4.69) is 15.9 Å². The topological polar surface area (TPSA) is 29.5 Å². The molecule has 1 aromatic rings. The van der Waals surface area contributed by atoms with Crippen molar-refractivity contribution in [3.8, 4) is 5.75 Å². The van der Waals surface area contributed by atoms with Crippen LogP contribution in [0.15, 0.2) is 22.7 Å². The third kappa shape index (κ3) is 3.29. The second-order valence-corrected chi connectivity index (χ2v) is 7.56. The predicted octanol–water partition coefficient (Wildman–Crippen LogP) is 5.10. The minimum atomic E-state index is -0.354. The quantitative estimate of drug-likeness (QED) is 0.819. The molecule has 1 N–H and O–H groups in total. The summed E-state index contributed by atoms with van der Waals surface area (Å²) in [7, 11) is 1.67. The van der Waals surface area contributed by atoms with Crippen molar-refractivity contribution in [3.63, 3.8) is 0 Å². The molecule has 2 aliphatic carbocycles. The highest BCUT2D eigenvalue weighted by atomic mass is 79.9. The van der Waals surface area contributed by atoms with Gasteiger partial charge in [-0.15, -0.1) is 0 Å². The van der Waals surface area contributed by atoms with Gasteiger partial charge in [0.1, 0.15) is 5.75 Å². The molecular formula is C18H25BrO2. The van der Waals surface area contributed by atoms with E-state index >= 15 is 0 Å². The average Bonchev–Trinajstić information content (AvgIpc) is 2.53. The van der Waals surface area contributed by atoms with Gasteiger partial charge >= 0.3 is 0 Å². The van der Waals surface area contributed by atoms with E-state index in [4.69, 9.17) is 4.74 Å². The van der Waals surface area contributed by atoms with E-state index in [-0.39, 0.29) is 6.10 Å². The highest BCUT2D eigenvalue weighted by molar-refractivity contribution is 9.10. The first-order valence-corrected chi connectivity index (χ1v) is 9.00. The Morgan fingerprint density at radius 1 is 1.14 bits per heavy atom. The lowest BCUT2D eigenvalue weighted by Crippen LogP contribution is -2.30. The Morgan fingerprint density at radius 3 is 2.62 bits per heavy atom. The second kappa shape index (κ2) is 6.70. The maximum Gasteiger partial charge on any atom is 0.120 e. The van der Waals surface area contributed by atoms with Crippen LogP contribution in [0.25, 0.3) is 0 Å². The van der Waals surface area contributed by atoms with Gasteiger partial charge < -0.3 is 9.84 Å². The van der Waals surface area contributed by atoms with E-state index in [1.54, 1.807) is 7.11 Å². The number of hydrogen-bond acceptors (Lipinski definition) is 2. The first kappa shape index (κ1) is 15.4. The van der Waals surface area contributed by atoms with E-state index in [1.165, 1.54) is 44.9 Å². The molecule has 3 rings (SSSR count). The summed E-state index contributed by atoms with van der Waals surface area (Å²) in [5.41, 5.74) is 1.01. The van der Waals surface area contributed by atoms with Crippen LogP contribution in [0.4, 0.5) is 0 Å². The van der Waals surface area contributed by atoms with Gasteiger partial charge in [0.05, 0.1) is 13.2 Å². The standard InChI is InChI=1S/C18H25BrO2/c1-21-15-8-9-16(17(19)11-15)18(20)14-7-6-12-4-2-3-5-13(12)10-14/h8-9,11-14,18,20H,2-7,10H2,1H3. The fourth-order valence-corrected chi connectivity index (χ4v) is 4.92. The smallest absolute Gasteiger partial charge is 0.120 e. The van der Waals surface area contributed by atoms with Gasteiger partial charge in [-0.3, -0.25) is 0 Å². The Kier molecular flexibility index (Phi) is 4.90. The summed E-state index contributed by atoms with van der Waals surface area (Å²) in [4.78, 5) is 0. The zero-order valence-electron chi connectivity index (χ0n) is 12.7. The number of methoxy groups -OCH3 is 1. The van der Waals surface area contributed by atoms with E-state index in [0.29, 0.717) is 5.92 Å². The van der Waals surface area contributed by atoms with Crippen LogP contribution < -0.4 is 4.74 Å². The lowest BCUT2D eigenvalue weighted by molar-refractivity contribution is 0.0345. The summed E-state index contributed by atoms with van der Waals surface area (Å²) in [6.07, 6.45) is 8.91. The number of aliphatic hydroxyl groups excluding tert-OH is 1. The van der Waals surface area contributed by atoms with Crippen molar-refractivity contribution in [1.29, 1.82) is 0 Å². The summed E-state index contributed by atoms with van der Waals surface area (Å²) >= 11 is 3.58. The Balaban J connectivity index is 1.71. The van der Waals surface area contributed by atoms with E-state index in [1.807, 2.05) is 18.2 Å². The van der Waals surface area contributed by atoms with Gasteiger partial charge in [0, 0.05) is 4.47 Å². The number of benzene rings is 1. The first-order chi connectivity index (χ1) is 10.2. The maximum absolute atomic E-state index is 10.8. The van der Waals surface area contributed by atoms with Crippen molar-refractivity contribution < 1.29 is 9.84 Å². The molecule has 3 heteroatoms. The van der Waals surface area contributed by atoms with Gasteiger partial charge in [-0.1, -0.05) is 47.7 Å². The maximum atomic E-state index is 10.8. The Bertz CT molecular complexity index is 488. The molecule has 0 bridgehead atoms. The summed E-state index contributed by atoms with van der Waals surface area (Å²) in [5.74, 6) is 3.02. The molecule has 1 aromatic carbocycles. The molecule has 0 spiro atoms. The van der Waals surface area contributed by atoms with Crippen molar-refractivity contribution in [2.45, 2.75) is 51.0 Å². The number of rotatable bonds is 3. The van der Waals surface area contributed by atoms with Crippen molar-refractivity contribution in [2.24, 2.45) is 17.8 Å². The zero-order valence-corrected chi connectivity index (χ0v) is 14.3. The molecule has 2 fully saturated rings. The number of ether oxygens (including phenoxy) is 1. The number of hydrogen-bond donors (Lipinski definition) is 1. The normalized spacial score (nSPS) is 30.5. The van der Waals surface area contributed by atoms with Crippen LogP contribution in [0.5, 0.6) is 5.75 Å². The zero-order chi connectivity index (χ0) is 14.8. The molecule has 2 saturated carbocycles. The molecule has 4 unspecified atom stereocenters. The van der Waals surface area contributed by atoms with Crippen LogP contribution in [0.1, 0.15) is 56.6 Å². The summed E-state index contributed by atoms with van der Waals surface area (Å²) in [6.45, 7) is 0. The van der Waals surface area contributed by atoms with Crippen LogP contribution in [0.2, 0.25) is 0 Å². The molecule has 0 saturated heterocycles. The minimum Gasteiger partial charge on any atom is -0.497 e. The Labute approximate surface area is 136 Å². The third-order valence-electron chi connectivity index (χ3n) is 5.55. The summed E-state index contributed by atoms with van der Waals surface area (Å²) < 4.78 is 6.19. The van der Waals surface area contributed by atoms with Gasteiger partial charge in [0.25, 0.3) is 0 Å². The number of fused-ring (bicyclic) bond motifs is 1. The fourth-order valence-electron chi connectivity index (χ4n) is 4.33. The predicted molar refractivity (Wildman–Crippen MR) is 88.4 cm³/mol. The van der Waals surface area contributed by atoms with Crippen molar-refractivity contribution in [2.75, 3.05) is 7.11 Å². The van der Waals surface area contributed by atoms with Crippen molar-refractivity contribution in [3.05, 3.63) is 28.2 Å². The minimum absolute atomic E-state index is 0.354. The van der Waals surface area contributed by atoms with Crippen LogP contribution in [-0.4, -0.2) is 12.2 Å². The van der Waals surface area contributed by atoms with Gasteiger partial charge in [-0.25, -0.2) is 0 Å². The molecule has 21 heavy (non-hydrogen) atoms. The Morgan fingerprint density at radius 2 is 1.90 bits per heavy atom. The molecule has 2 nitrogen and oxygen atoms in total. The van der Waals surface area contributed by atoms with Gasteiger partial charge in [0.2, 0.25) is 0 Å². The monoisotopic (exact) mass is 352 g/mol. The first-order valence-electron chi connectivity index (χ1n) is 8.20. The second-order valence-electron chi connectivity index (χ2n) is 6.71. The van der Waals surface area contributed by atoms with E-state index < -0.39 is 0 Å². The molecule has 0 radical (unpaired) electrons. The van der Waals surface area contributed by atoms with Crippen LogP contribution in [0, 0.1) is 17.8 Å². The summed E-state index contributed by atoms with van der Waals surface area (Å²) in [6, 6.07) is 5.89. The molecular weight excluding hydrogens is 328 g/mol. The molecule has 0 aliphatic heterocycles. The fraction of sp³-hybridized carbons (Fsp3) is 0.667. The summed E-state index contributed by atoms with van der Waals surface area (Å²) in [5, 5.41) is 10.8. The van der Waals surface area contributed by atoms with Gasteiger partial charge in [-0.05, 0) is 54.7 Å². The van der Waals surface area contributed by atoms with Gasteiger partial charge in [-0.2, -0.15) is 0 Å². The van der Waals surface area contributed by atoms with E-state index in [9.17, 15) is 5.11 Å². The third-order valence-corrected chi connectivity index (χ3v) is 6.24. The highest BCUT2D eigenvalue weighted by Crippen LogP contribution is 2.47. The largest absolute Gasteiger partial charge is 0.497 e. The number of halogens is 1. The molecule has 0 amide bonds. The number of aliphatic hydroxyl groups is 1. The SMILES string of the molecule is COc1ccc(C(O)C2CCC3CCCCC3C2)c(Br)c1. The van der Waals surface area contributed by atoms with Crippen LogP contribution >= 0.6 is 15.9 Å². The van der Waals surface area contributed by atoms with Crippen molar-refractivity contribution >= 4 is 15.9 Å². The molecule has 2 aliphatic rings. The van der Waals surface area contributed by atoms with E-state index in [0.717, 1.165) is 27.6 Å². The highest BCUT2D eigenvalue weighted by Gasteiger charge is 2.35. The van der Waals surface area contributed by atoms with Crippen LogP contribution in [-0.2, 0) is 0 Å². The Hall–Kier alpha value is -0.540. The lowest BCUT2D eigenvalue weighted by Gasteiger charge is -2.41. The molecule has 0 aromatic heterocycles. The van der Waals surface area contributed by atoms with Crippen molar-refractivity contribution in [1.82, 2.24) is 0 Å².